The maximum atomic E-state index is 10.8. The van der Waals surface area contributed by atoms with E-state index >= 15 is 0 Å². The number of hydrogen-bond donors (Lipinski definition) is 1. The number of aliphatic hydroxyl groups excluding tert-OH is 1. The van der Waals surface area contributed by atoms with Crippen molar-refractivity contribution >= 4 is 5.97 Å². The molecule has 0 aliphatic heterocycles. The van der Waals surface area contributed by atoms with Gasteiger partial charge in [-0.25, -0.2) is 4.79 Å². The van der Waals surface area contributed by atoms with Gasteiger partial charge in [-0.05, 0) is 20.3 Å². The summed E-state index contributed by atoms with van der Waals surface area (Å²) >= 11 is 0. The quantitative estimate of drug-likeness (QED) is 0.387. The summed E-state index contributed by atoms with van der Waals surface area (Å²) < 4.78 is 9.90. The Hall–Kier alpha value is -0.610. The Kier molecular flexibility index (Phi) is 6.54. The van der Waals surface area contributed by atoms with Gasteiger partial charge < -0.3 is 14.6 Å². The Morgan fingerprint density at radius 1 is 1.46 bits per heavy atom. The number of aliphatic hydroxyl groups is 1. The van der Waals surface area contributed by atoms with Crippen molar-refractivity contribution in [1.82, 2.24) is 0 Å². The standard InChI is InChI=1S/C9H18O4/c1-4-5-6-12-8(3)13-9(11)7(2)10/h7-8,10H,4-6H2,1-3H3. The molecule has 0 aliphatic rings. The maximum absolute atomic E-state index is 10.8. The van der Waals surface area contributed by atoms with Crippen molar-refractivity contribution in [2.24, 2.45) is 0 Å². The minimum atomic E-state index is -1.09. The van der Waals surface area contributed by atoms with Crippen LogP contribution in [0.15, 0.2) is 0 Å². The summed E-state index contributed by atoms with van der Waals surface area (Å²) in [6, 6.07) is 0. The fraction of sp³-hybridized carbons (Fsp3) is 0.889. The lowest BCUT2D eigenvalue weighted by molar-refractivity contribution is -0.183. The van der Waals surface area contributed by atoms with Gasteiger partial charge in [0.25, 0.3) is 0 Å². The second kappa shape index (κ2) is 6.86. The van der Waals surface area contributed by atoms with Gasteiger partial charge in [0.2, 0.25) is 0 Å². The molecule has 0 saturated carbocycles. The minimum Gasteiger partial charge on any atom is -0.434 e. The average Bonchev–Trinajstić information content (AvgIpc) is 2.04. The SMILES string of the molecule is CCCCOC(C)OC(=O)C(C)O. The monoisotopic (exact) mass is 190 g/mol. The number of carbonyl (C=O) groups excluding carboxylic acids is 1. The Labute approximate surface area is 78.8 Å². The molecule has 0 aliphatic carbocycles. The number of ether oxygens (including phenoxy) is 2. The summed E-state index contributed by atoms with van der Waals surface area (Å²) in [7, 11) is 0. The molecule has 2 atom stereocenters. The topological polar surface area (TPSA) is 55.8 Å². The first-order valence-electron chi connectivity index (χ1n) is 4.58. The zero-order valence-electron chi connectivity index (χ0n) is 8.45. The first kappa shape index (κ1) is 12.4. The van der Waals surface area contributed by atoms with E-state index in [0.29, 0.717) is 6.61 Å². The zero-order chi connectivity index (χ0) is 10.3. The van der Waals surface area contributed by atoms with Crippen molar-refractivity contribution < 1.29 is 19.4 Å². The smallest absolute Gasteiger partial charge is 0.336 e. The third-order valence-electron chi connectivity index (χ3n) is 1.47. The molecule has 0 spiro atoms. The van der Waals surface area contributed by atoms with Crippen LogP contribution < -0.4 is 0 Å². The van der Waals surface area contributed by atoms with Crippen LogP contribution in [0.1, 0.15) is 33.6 Å². The first-order valence-corrected chi connectivity index (χ1v) is 4.58. The number of unbranched alkanes of at least 4 members (excludes halogenated alkanes) is 1. The lowest BCUT2D eigenvalue weighted by Gasteiger charge is -2.14. The van der Waals surface area contributed by atoms with E-state index in [9.17, 15) is 4.79 Å². The lowest BCUT2D eigenvalue weighted by Crippen LogP contribution is -2.26. The average molecular weight is 190 g/mol. The molecule has 0 aromatic rings. The molecule has 0 aromatic carbocycles. The summed E-state index contributed by atoms with van der Waals surface area (Å²) in [6.07, 6.45) is 0.319. The van der Waals surface area contributed by atoms with Gasteiger partial charge in [-0.2, -0.15) is 0 Å². The molecule has 13 heavy (non-hydrogen) atoms. The van der Waals surface area contributed by atoms with Gasteiger partial charge in [-0.1, -0.05) is 13.3 Å². The van der Waals surface area contributed by atoms with Crippen molar-refractivity contribution in [2.45, 2.75) is 46.0 Å². The Morgan fingerprint density at radius 2 is 2.08 bits per heavy atom. The molecule has 0 saturated heterocycles. The molecule has 0 rings (SSSR count). The molecule has 0 heterocycles. The lowest BCUT2D eigenvalue weighted by atomic mass is 10.4. The molecular weight excluding hydrogens is 172 g/mol. The van der Waals surface area contributed by atoms with E-state index in [1.54, 1.807) is 6.92 Å². The summed E-state index contributed by atoms with van der Waals surface area (Å²) in [4.78, 5) is 10.8. The Balaban J connectivity index is 3.50. The van der Waals surface area contributed by atoms with Crippen LogP contribution in [0.3, 0.4) is 0 Å². The van der Waals surface area contributed by atoms with Crippen molar-refractivity contribution in [1.29, 1.82) is 0 Å². The van der Waals surface area contributed by atoms with E-state index in [1.807, 2.05) is 0 Å². The first-order chi connectivity index (χ1) is 6.07. The van der Waals surface area contributed by atoms with Crippen LogP contribution in [0.2, 0.25) is 0 Å². The molecule has 4 heteroatoms. The van der Waals surface area contributed by atoms with Crippen LogP contribution in [0, 0.1) is 0 Å². The second-order valence-corrected chi connectivity index (χ2v) is 2.90. The molecule has 78 valence electrons. The van der Waals surface area contributed by atoms with Gasteiger partial charge >= 0.3 is 5.97 Å². The predicted octanol–water partition coefficient (Wildman–Crippen LogP) is 1.07. The zero-order valence-corrected chi connectivity index (χ0v) is 8.45. The van der Waals surface area contributed by atoms with Gasteiger partial charge in [0.05, 0.1) is 6.61 Å². The molecule has 0 amide bonds. The third-order valence-corrected chi connectivity index (χ3v) is 1.47. The van der Waals surface area contributed by atoms with Crippen molar-refractivity contribution in [3.05, 3.63) is 0 Å². The molecule has 1 N–H and O–H groups in total. The fourth-order valence-corrected chi connectivity index (χ4v) is 0.690. The van der Waals surface area contributed by atoms with Crippen molar-refractivity contribution in [3.8, 4) is 0 Å². The van der Waals surface area contributed by atoms with Crippen LogP contribution in [0.25, 0.3) is 0 Å². The molecule has 0 bridgehead atoms. The van der Waals surface area contributed by atoms with Gasteiger partial charge in [-0.15, -0.1) is 0 Å². The highest BCUT2D eigenvalue weighted by atomic mass is 16.7. The van der Waals surface area contributed by atoms with Crippen molar-refractivity contribution in [3.63, 3.8) is 0 Å². The highest BCUT2D eigenvalue weighted by molar-refractivity contribution is 5.73. The van der Waals surface area contributed by atoms with Crippen LogP contribution in [0.5, 0.6) is 0 Å². The number of hydrogen-bond acceptors (Lipinski definition) is 4. The van der Waals surface area contributed by atoms with Gasteiger partial charge in [0.15, 0.2) is 6.29 Å². The molecule has 4 nitrogen and oxygen atoms in total. The van der Waals surface area contributed by atoms with Crippen LogP contribution in [0.4, 0.5) is 0 Å². The number of carbonyl (C=O) groups is 1. The summed E-state index contributed by atoms with van der Waals surface area (Å²) in [5.74, 6) is -0.649. The third kappa shape index (κ3) is 6.54. The van der Waals surface area contributed by atoms with Crippen molar-refractivity contribution in [2.75, 3.05) is 6.61 Å². The molecule has 0 radical (unpaired) electrons. The minimum absolute atomic E-state index is 0.574. The molecule has 2 unspecified atom stereocenters. The molecule has 0 fully saturated rings. The van der Waals surface area contributed by atoms with E-state index in [2.05, 4.69) is 6.92 Å². The fourth-order valence-electron chi connectivity index (χ4n) is 0.690. The summed E-state index contributed by atoms with van der Waals surface area (Å²) in [5.41, 5.74) is 0. The predicted molar refractivity (Wildman–Crippen MR) is 48.1 cm³/mol. The number of rotatable bonds is 6. The van der Waals surface area contributed by atoms with Gasteiger partial charge in [0, 0.05) is 0 Å². The maximum Gasteiger partial charge on any atom is 0.336 e. The van der Waals surface area contributed by atoms with Gasteiger partial charge in [-0.3, -0.25) is 0 Å². The van der Waals surface area contributed by atoms with E-state index in [4.69, 9.17) is 14.6 Å². The van der Waals surface area contributed by atoms with Crippen LogP contribution in [-0.4, -0.2) is 30.1 Å². The van der Waals surface area contributed by atoms with Gasteiger partial charge in [0.1, 0.15) is 6.10 Å². The highest BCUT2D eigenvalue weighted by Crippen LogP contribution is 1.99. The largest absolute Gasteiger partial charge is 0.434 e. The van der Waals surface area contributed by atoms with E-state index in [0.717, 1.165) is 12.8 Å². The van der Waals surface area contributed by atoms with E-state index < -0.39 is 18.4 Å². The highest BCUT2D eigenvalue weighted by Gasteiger charge is 2.14. The number of esters is 1. The molecular formula is C9H18O4. The van der Waals surface area contributed by atoms with E-state index in [1.165, 1.54) is 6.92 Å². The summed E-state index contributed by atoms with van der Waals surface area (Å²) in [6.45, 7) is 5.62. The molecule has 0 aromatic heterocycles. The van der Waals surface area contributed by atoms with Crippen LogP contribution >= 0.6 is 0 Å². The summed E-state index contributed by atoms with van der Waals surface area (Å²) in [5, 5.41) is 8.81. The van der Waals surface area contributed by atoms with Crippen LogP contribution in [-0.2, 0) is 14.3 Å². The second-order valence-electron chi connectivity index (χ2n) is 2.90. The Morgan fingerprint density at radius 3 is 2.54 bits per heavy atom. The Bertz CT molecular complexity index is 145. The van der Waals surface area contributed by atoms with E-state index in [-0.39, 0.29) is 0 Å². The normalized spacial score (nSPS) is 15.1.